The van der Waals surface area contributed by atoms with Crippen LogP contribution in [0.1, 0.15) is 23.0 Å². The summed E-state index contributed by atoms with van der Waals surface area (Å²) in [4.78, 5) is 11.3. The van der Waals surface area contributed by atoms with Gasteiger partial charge in [0, 0.05) is 0 Å². The minimum Gasteiger partial charge on any atom is -0.497 e. The van der Waals surface area contributed by atoms with Gasteiger partial charge >= 0.3 is 0 Å². The lowest BCUT2D eigenvalue weighted by molar-refractivity contribution is 0.101. The first-order chi connectivity index (χ1) is 8.13. The highest BCUT2D eigenvalue weighted by molar-refractivity contribution is 5.95. The van der Waals surface area contributed by atoms with E-state index in [9.17, 15) is 4.79 Å². The molecule has 2 aromatic rings. The molecule has 0 aliphatic carbocycles. The van der Waals surface area contributed by atoms with Crippen LogP contribution in [-0.2, 0) is 0 Å². The Bertz CT molecular complexity index is 541. The molecule has 0 saturated heterocycles. The number of hydrogen-bond donors (Lipinski definition) is 0. The van der Waals surface area contributed by atoms with Crippen molar-refractivity contribution in [1.82, 2.24) is 9.78 Å². The maximum Gasteiger partial charge on any atom is 0.163 e. The fraction of sp³-hybridized carbons (Fsp3) is 0.231. The summed E-state index contributed by atoms with van der Waals surface area (Å²) in [5.74, 6) is 0.826. The summed E-state index contributed by atoms with van der Waals surface area (Å²) < 4.78 is 6.84. The molecular weight excluding hydrogens is 216 g/mol. The van der Waals surface area contributed by atoms with Gasteiger partial charge in [0.25, 0.3) is 0 Å². The third-order valence-electron chi connectivity index (χ3n) is 2.71. The lowest BCUT2D eigenvalue weighted by atomic mass is 10.2. The van der Waals surface area contributed by atoms with Crippen molar-refractivity contribution in [2.45, 2.75) is 13.8 Å². The molecule has 0 aliphatic heterocycles. The molecule has 88 valence electrons. The Morgan fingerprint density at radius 1 is 1.29 bits per heavy atom. The van der Waals surface area contributed by atoms with Gasteiger partial charge in [0.1, 0.15) is 5.75 Å². The molecule has 0 spiro atoms. The van der Waals surface area contributed by atoms with Crippen molar-refractivity contribution in [3.8, 4) is 11.4 Å². The van der Waals surface area contributed by atoms with Crippen molar-refractivity contribution in [2.75, 3.05) is 7.11 Å². The standard InChI is InChI=1S/C13H14N2O2/c1-9-13(10(2)16)8-14-15(9)11-4-6-12(17-3)7-5-11/h4-8H,1-3H3. The Morgan fingerprint density at radius 3 is 2.41 bits per heavy atom. The molecule has 0 atom stereocenters. The van der Waals surface area contributed by atoms with Crippen LogP contribution >= 0.6 is 0 Å². The molecule has 4 heteroatoms. The Morgan fingerprint density at radius 2 is 1.94 bits per heavy atom. The molecule has 1 heterocycles. The average Bonchev–Trinajstić information content (AvgIpc) is 2.71. The molecule has 4 nitrogen and oxygen atoms in total. The molecule has 0 amide bonds. The Balaban J connectivity index is 2.42. The number of ketones is 1. The number of rotatable bonds is 3. The number of hydrogen-bond acceptors (Lipinski definition) is 3. The molecule has 0 fully saturated rings. The van der Waals surface area contributed by atoms with Crippen LogP contribution < -0.4 is 4.74 Å². The van der Waals surface area contributed by atoms with Crippen molar-refractivity contribution < 1.29 is 9.53 Å². The summed E-state index contributed by atoms with van der Waals surface area (Å²) in [5.41, 5.74) is 2.42. The van der Waals surface area contributed by atoms with Gasteiger partial charge in [0.2, 0.25) is 0 Å². The zero-order chi connectivity index (χ0) is 12.4. The Kier molecular flexibility index (Phi) is 2.95. The molecule has 0 unspecified atom stereocenters. The largest absolute Gasteiger partial charge is 0.497 e. The highest BCUT2D eigenvalue weighted by atomic mass is 16.5. The van der Waals surface area contributed by atoms with Crippen LogP contribution in [0.2, 0.25) is 0 Å². The van der Waals surface area contributed by atoms with E-state index in [-0.39, 0.29) is 5.78 Å². The summed E-state index contributed by atoms with van der Waals surface area (Å²) in [6.45, 7) is 3.43. The van der Waals surface area contributed by atoms with E-state index in [1.807, 2.05) is 31.2 Å². The summed E-state index contributed by atoms with van der Waals surface area (Å²) in [6.07, 6.45) is 1.60. The highest BCUT2D eigenvalue weighted by Crippen LogP contribution is 2.17. The van der Waals surface area contributed by atoms with E-state index in [2.05, 4.69) is 5.10 Å². The van der Waals surface area contributed by atoms with Crippen LogP contribution in [0.25, 0.3) is 5.69 Å². The fourth-order valence-corrected chi connectivity index (χ4v) is 1.74. The molecule has 2 rings (SSSR count). The molecule has 0 radical (unpaired) electrons. The molecule has 17 heavy (non-hydrogen) atoms. The molecule has 0 N–H and O–H groups in total. The number of nitrogens with zero attached hydrogens (tertiary/aromatic N) is 2. The van der Waals surface area contributed by atoms with Crippen LogP contribution in [0.3, 0.4) is 0 Å². The maximum absolute atomic E-state index is 11.3. The second-order valence-corrected chi connectivity index (χ2v) is 3.81. The first-order valence-electron chi connectivity index (χ1n) is 5.33. The minimum atomic E-state index is 0.0299. The van der Waals surface area contributed by atoms with Gasteiger partial charge in [0.05, 0.1) is 30.3 Å². The van der Waals surface area contributed by atoms with E-state index in [0.717, 1.165) is 17.1 Å². The topological polar surface area (TPSA) is 44.1 Å². The van der Waals surface area contributed by atoms with E-state index < -0.39 is 0 Å². The zero-order valence-corrected chi connectivity index (χ0v) is 10.1. The van der Waals surface area contributed by atoms with Crippen LogP contribution in [-0.4, -0.2) is 22.7 Å². The Labute approximate surface area is 99.8 Å². The molecule has 0 bridgehead atoms. The normalized spacial score (nSPS) is 10.3. The van der Waals surface area contributed by atoms with Crippen molar-refractivity contribution in [3.63, 3.8) is 0 Å². The van der Waals surface area contributed by atoms with E-state index in [0.29, 0.717) is 5.56 Å². The number of benzene rings is 1. The average molecular weight is 230 g/mol. The molecule has 0 aliphatic rings. The molecule has 1 aromatic heterocycles. The second kappa shape index (κ2) is 4.41. The van der Waals surface area contributed by atoms with Gasteiger partial charge in [-0.3, -0.25) is 4.79 Å². The minimum absolute atomic E-state index is 0.0299. The Hall–Kier alpha value is -2.10. The van der Waals surface area contributed by atoms with Gasteiger partial charge in [-0.15, -0.1) is 0 Å². The number of aromatic nitrogens is 2. The van der Waals surface area contributed by atoms with Crippen molar-refractivity contribution >= 4 is 5.78 Å². The van der Waals surface area contributed by atoms with Gasteiger partial charge in [-0.05, 0) is 38.1 Å². The second-order valence-electron chi connectivity index (χ2n) is 3.81. The summed E-state index contributed by atoms with van der Waals surface area (Å²) in [6, 6.07) is 7.54. The monoisotopic (exact) mass is 230 g/mol. The number of methoxy groups -OCH3 is 1. The number of carbonyl (C=O) groups is 1. The number of Topliss-reactive ketones (excluding diaryl/α,β-unsaturated/α-hetero) is 1. The maximum atomic E-state index is 11.3. The lowest BCUT2D eigenvalue weighted by Gasteiger charge is -2.06. The summed E-state index contributed by atoms with van der Waals surface area (Å²) in [5, 5.41) is 4.22. The van der Waals surface area contributed by atoms with Crippen LogP contribution in [0.15, 0.2) is 30.5 Å². The number of ether oxygens (including phenoxy) is 1. The van der Waals surface area contributed by atoms with Crippen LogP contribution in [0.5, 0.6) is 5.75 Å². The van der Waals surface area contributed by atoms with Crippen LogP contribution in [0.4, 0.5) is 0 Å². The van der Waals surface area contributed by atoms with E-state index >= 15 is 0 Å². The molecule has 1 aromatic carbocycles. The zero-order valence-electron chi connectivity index (χ0n) is 10.1. The summed E-state index contributed by atoms with van der Waals surface area (Å²) >= 11 is 0. The molecular formula is C13H14N2O2. The van der Waals surface area contributed by atoms with Gasteiger partial charge < -0.3 is 4.74 Å². The smallest absolute Gasteiger partial charge is 0.163 e. The summed E-state index contributed by atoms with van der Waals surface area (Å²) in [7, 11) is 1.63. The van der Waals surface area contributed by atoms with Crippen molar-refractivity contribution in [3.05, 3.63) is 41.7 Å². The van der Waals surface area contributed by atoms with Gasteiger partial charge in [0.15, 0.2) is 5.78 Å². The van der Waals surface area contributed by atoms with Gasteiger partial charge in [-0.25, -0.2) is 4.68 Å². The predicted octanol–water partition coefficient (Wildman–Crippen LogP) is 2.39. The van der Waals surface area contributed by atoms with E-state index in [1.165, 1.54) is 0 Å². The lowest BCUT2D eigenvalue weighted by Crippen LogP contribution is -2.01. The number of carbonyl (C=O) groups excluding carboxylic acids is 1. The SMILES string of the molecule is COc1ccc(-n2ncc(C(C)=O)c2C)cc1. The van der Waals surface area contributed by atoms with Crippen molar-refractivity contribution in [2.24, 2.45) is 0 Å². The third kappa shape index (κ3) is 2.06. The van der Waals surface area contributed by atoms with Gasteiger partial charge in [-0.2, -0.15) is 5.10 Å². The van der Waals surface area contributed by atoms with E-state index in [4.69, 9.17) is 4.74 Å². The van der Waals surface area contributed by atoms with E-state index in [1.54, 1.807) is 24.9 Å². The molecule has 0 saturated carbocycles. The third-order valence-corrected chi connectivity index (χ3v) is 2.71. The first-order valence-corrected chi connectivity index (χ1v) is 5.33. The fourth-order valence-electron chi connectivity index (χ4n) is 1.74. The van der Waals surface area contributed by atoms with Crippen LogP contribution in [0, 0.1) is 6.92 Å². The predicted molar refractivity (Wildman–Crippen MR) is 64.9 cm³/mol. The van der Waals surface area contributed by atoms with Gasteiger partial charge in [-0.1, -0.05) is 0 Å². The quantitative estimate of drug-likeness (QED) is 0.760. The first kappa shape index (κ1) is 11.4. The van der Waals surface area contributed by atoms with Crippen molar-refractivity contribution in [1.29, 1.82) is 0 Å². The highest BCUT2D eigenvalue weighted by Gasteiger charge is 2.11.